The molecule has 0 saturated heterocycles. The lowest BCUT2D eigenvalue weighted by atomic mass is 10.0. The topological polar surface area (TPSA) is 69.1 Å². The van der Waals surface area contributed by atoms with Crippen LogP contribution in [0.4, 0.5) is 8.78 Å². The van der Waals surface area contributed by atoms with Crippen LogP contribution in [0.15, 0.2) is 30.3 Å². The molecule has 0 bridgehead atoms. The molecule has 0 aliphatic carbocycles. The molecule has 82 valence electrons. The van der Waals surface area contributed by atoms with Gasteiger partial charge in [0.2, 0.25) is 5.91 Å². The first kappa shape index (κ1) is 11.6. The van der Waals surface area contributed by atoms with Crippen molar-refractivity contribution < 1.29 is 13.6 Å². The van der Waals surface area contributed by atoms with Crippen LogP contribution < -0.4 is 11.5 Å². The summed E-state index contributed by atoms with van der Waals surface area (Å²) in [7, 11) is 0. The van der Waals surface area contributed by atoms with E-state index in [1.54, 1.807) is 6.07 Å². The molecule has 0 aromatic heterocycles. The number of primary amides is 1. The van der Waals surface area contributed by atoms with Crippen LogP contribution in [0, 0.1) is 0 Å². The zero-order valence-electron chi connectivity index (χ0n) is 7.99. The van der Waals surface area contributed by atoms with Crippen molar-refractivity contribution in [1.82, 2.24) is 0 Å². The first-order chi connectivity index (χ1) is 6.93. The number of nitrogens with two attached hydrogens (primary N) is 2. The quantitative estimate of drug-likeness (QED) is 0.784. The van der Waals surface area contributed by atoms with E-state index in [0.29, 0.717) is 0 Å². The molecule has 0 spiro atoms. The summed E-state index contributed by atoms with van der Waals surface area (Å²) in [5.41, 5.74) is 9.84. The van der Waals surface area contributed by atoms with E-state index in [1.807, 2.05) is 0 Å². The van der Waals surface area contributed by atoms with Gasteiger partial charge in [-0.3, -0.25) is 4.79 Å². The smallest absolute Gasteiger partial charge is 0.275 e. The van der Waals surface area contributed by atoms with Crippen LogP contribution in [-0.4, -0.2) is 11.9 Å². The van der Waals surface area contributed by atoms with E-state index in [1.165, 1.54) is 24.3 Å². The molecule has 1 amide bonds. The molecule has 0 radical (unpaired) electrons. The Morgan fingerprint density at radius 3 is 2.33 bits per heavy atom. The molecule has 4 N–H and O–H groups in total. The highest BCUT2D eigenvalue weighted by molar-refractivity contribution is 5.79. The SMILES string of the molecule is NC(=O)C(N)CC(F)(F)c1ccccc1. The number of rotatable bonds is 4. The second kappa shape index (κ2) is 4.35. The van der Waals surface area contributed by atoms with Crippen LogP contribution in [0.1, 0.15) is 12.0 Å². The van der Waals surface area contributed by atoms with Gasteiger partial charge in [0, 0.05) is 12.0 Å². The van der Waals surface area contributed by atoms with Gasteiger partial charge in [-0.2, -0.15) is 0 Å². The summed E-state index contributed by atoms with van der Waals surface area (Å²) < 4.78 is 27.0. The minimum Gasteiger partial charge on any atom is -0.368 e. The van der Waals surface area contributed by atoms with Crippen molar-refractivity contribution in [2.24, 2.45) is 11.5 Å². The summed E-state index contributed by atoms with van der Waals surface area (Å²) in [5, 5.41) is 0. The molecule has 1 rings (SSSR count). The number of alkyl halides is 2. The number of amides is 1. The van der Waals surface area contributed by atoms with Gasteiger partial charge in [0.1, 0.15) is 0 Å². The molecule has 0 aliphatic rings. The van der Waals surface area contributed by atoms with Crippen LogP contribution in [0.2, 0.25) is 0 Å². The lowest BCUT2D eigenvalue weighted by Crippen LogP contribution is -2.40. The minimum atomic E-state index is -3.13. The minimum absolute atomic E-state index is 0.165. The molecule has 0 aliphatic heterocycles. The monoisotopic (exact) mass is 214 g/mol. The van der Waals surface area contributed by atoms with E-state index in [0.717, 1.165) is 0 Å². The number of carbonyl (C=O) groups is 1. The second-order valence-corrected chi connectivity index (χ2v) is 3.28. The van der Waals surface area contributed by atoms with Crippen LogP contribution in [0.5, 0.6) is 0 Å². The van der Waals surface area contributed by atoms with Gasteiger partial charge in [0.05, 0.1) is 6.04 Å². The molecule has 1 atom stereocenters. The molecule has 1 aromatic carbocycles. The lowest BCUT2D eigenvalue weighted by Gasteiger charge is -2.19. The summed E-state index contributed by atoms with van der Waals surface area (Å²) in [6.45, 7) is 0. The van der Waals surface area contributed by atoms with E-state index in [4.69, 9.17) is 11.5 Å². The van der Waals surface area contributed by atoms with Gasteiger partial charge in [0.15, 0.2) is 0 Å². The van der Waals surface area contributed by atoms with Crippen molar-refractivity contribution in [1.29, 1.82) is 0 Å². The highest BCUT2D eigenvalue weighted by atomic mass is 19.3. The predicted molar refractivity (Wildman–Crippen MR) is 52.1 cm³/mol. The fourth-order valence-electron chi connectivity index (χ4n) is 1.18. The Labute approximate surface area is 86.1 Å². The van der Waals surface area contributed by atoms with Gasteiger partial charge in [-0.1, -0.05) is 30.3 Å². The summed E-state index contributed by atoms with van der Waals surface area (Å²) in [5.74, 6) is -4.05. The van der Waals surface area contributed by atoms with Gasteiger partial charge in [-0.05, 0) is 0 Å². The van der Waals surface area contributed by atoms with E-state index in [-0.39, 0.29) is 5.56 Å². The van der Waals surface area contributed by atoms with Crippen molar-refractivity contribution in [2.75, 3.05) is 0 Å². The molecule has 3 nitrogen and oxygen atoms in total. The Morgan fingerprint density at radius 2 is 1.87 bits per heavy atom. The number of halogens is 2. The van der Waals surface area contributed by atoms with Gasteiger partial charge >= 0.3 is 0 Å². The molecular formula is C10H12F2N2O. The molecule has 0 heterocycles. The van der Waals surface area contributed by atoms with Gasteiger partial charge in [-0.15, -0.1) is 0 Å². The molecule has 0 fully saturated rings. The Bertz CT molecular complexity index is 341. The summed E-state index contributed by atoms with van der Waals surface area (Å²) in [4.78, 5) is 10.6. The van der Waals surface area contributed by atoms with Crippen molar-refractivity contribution >= 4 is 5.91 Å². The summed E-state index contributed by atoms with van der Waals surface area (Å²) in [6, 6.07) is 5.87. The van der Waals surface area contributed by atoms with Crippen LogP contribution in [0.25, 0.3) is 0 Å². The average molecular weight is 214 g/mol. The maximum atomic E-state index is 13.5. The summed E-state index contributed by atoms with van der Waals surface area (Å²) in [6.07, 6.45) is -0.771. The van der Waals surface area contributed by atoms with Crippen molar-refractivity contribution in [3.05, 3.63) is 35.9 Å². The lowest BCUT2D eigenvalue weighted by molar-refractivity contribution is -0.122. The van der Waals surface area contributed by atoms with Crippen LogP contribution in [0.3, 0.4) is 0 Å². The Morgan fingerprint density at radius 1 is 1.33 bits per heavy atom. The molecule has 15 heavy (non-hydrogen) atoms. The van der Waals surface area contributed by atoms with Crippen LogP contribution in [-0.2, 0) is 10.7 Å². The number of hydrogen-bond acceptors (Lipinski definition) is 2. The Kier molecular flexibility index (Phi) is 3.36. The maximum Gasteiger partial charge on any atom is 0.275 e. The Balaban J connectivity index is 2.80. The number of carbonyl (C=O) groups excluding carboxylic acids is 1. The van der Waals surface area contributed by atoms with E-state index < -0.39 is 24.3 Å². The van der Waals surface area contributed by atoms with E-state index >= 15 is 0 Å². The maximum absolute atomic E-state index is 13.5. The van der Waals surface area contributed by atoms with Crippen molar-refractivity contribution in [2.45, 2.75) is 18.4 Å². The second-order valence-electron chi connectivity index (χ2n) is 3.28. The highest BCUT2D eigenvalue weighted by Crippen LogP contribution is 2.32. The van der Waals surface area contributed by atoms with Gasteiger partial charge in [-0.25, -0.2) is 8.78 Å². The highest BCUT2D eigenvalue weighted by Gasteiger charge is 2.35. The molecular weight excluding hydrogens is 202 g/mol. The van der Waals surface area contributed by atoms with Gasteiger partial charge in [0.25, 0.3) is 5.92 Å². The van der Waals surface area contributed by atoms with E-state index in [9.17, 15) is 13.6 Å². The first-order valence-corrected chi connectivity index (χ1v) is 4.42. The number of benzene rings is 1. The molecule has 0 saturated carbocycles. The average Bonchev–Trinajstić information content (AvgIpc) is 2.18. The van der Waals surface area contributed by atoms with E-state index in [2.05, 4.69) is 0 Å². The fraction of sp³-hybridized carbons (Fsp3) is 0.300. The summed E-state index contributed by atoms with van der Waals surface area (Å²) >= 11 is 0. The third kappa shape index (κ3) is 2.99. The molecule has 1 unspecified atom stereocenters. The predicted octanol–water partition coefficient (Wildman–Crippen LogP) is 0.981. The van der Waals surface area contributed by atoms with Crippen LogP contribution >= 0.6 is 0 Å². The number of hydrogen-bond donors (Lipinski definition) is 2. The molecule has 1 aromatic rings. The zero-order chi connectivity index (χ0) is 11.5. The normalized spacial score (nSPS) is 13.5. The first-order valence-electron chi connectivity index (χ1n) is 4.42. The van der Waals surface area contributed by atoms with Crippen molar-refractivity contribution in [3.8, 4) is 0 Å². The Hall–Kier alpha value is -1.49. The fourth-order valence-corrected chi connectivity index (χ4v) is 1.18. The largest absolute Gasteiger partial charge is 0.368 e. The molecule has 5 heteroatoms. The third-order valence-electron chi connectivity index (χ3n) is 2.04. The van der Waals surface area contributed by atoms with Gasteiger partial charge < -0.3 is 11.5 Å². The standard InChI is InChI=1S/C10H12F2N2O/c11-10(12,6-8(13)9(14)15)7-4-2-1-3-5-7/h1-5,8H,6,13H2,(H2,14,15). The zero-order valence-corrected chi connectivity index (χ0v) is 7.99. The van der Waals surface area contributed by atoms with Crippen molar-refractivity contribution in [3.63, 3.8) is 0 Å². The third-order valence-corrected chi connectivity index (χ3v) is 2.04.